The van der Waals surface area contributed by atoms with E-state index in [2.05, 4.69) is 0 Å². The Balaban J connectivity index is 1.81. The summed E-state index contributed by atoms with van der Waals surface area (Å²) in [5, 5.41) is 9.12. The molecule has 3 rings (SSSR count). The zero-order chi connectivity index (χ0) is 16.2. The number of benzene rings is 2. The lowest BCUT2D eigenvalue weighted by atomic mass is 10.2. The van der Waals surface area contributed by atoms with Gasteiger partial charge in [0, 0.05) is 6.07 Å². The van der Waals surface area contributed by atoms with E-state index in [0.717, 1.165) is 22.2 Å². The summed E-state index contributed by atoms with van der Waals surface area (Å²) < 4.78 is 0. The largest absolute Gasteiger partial charge is 0.508 e. The molecule has 1 fully saturated rings. The number of allylic oxidation sites excluding steroid dienone is 2. The Kier molecular flexibility index (Phi) is 4.30. The Morgan fingerprint density at radius 3 is 2.52 bits per heavy atom. The second kappa shape index (κ2) is 6.54. The normalized spacial score (nSPS) is 16.7. The monoisotopic (exact) mass is 323 g/mol. The molecule has 1 aliphatic heterocycles. The molecule has 4 nitrogen and oxygen atoms in total. The molecule has 1 N–H and O–H groups in total. The zero-order valence-corrected chi connectivity index (χ0v) is 12.9. The molecule has 0 aliphatic carbocycles. The molecule has 0 saturated carbocycles. The first-order valence-corrected chi connectivity index (χ1v) is 7.75. The van der Waals surface area contributed by atoms with E-state index in [0.29, 0.717) is 10.6 Å². The molecule has 0 spiro atoms. The highest BCUT2D eigenvalue weighted by Crippen LogP contribution is 2.35. The molecule has 0 unspecified atom stereocenters. The second-order valence-corrected chi connectivity index (χ2v) is 5.82. The smallest absolute Gasteiger partial charge is 0.298 e. The Bertz CT molecular complexity index is 812. The first-order chi connectivity index (χ1) is 11.1. The van der Waals surface area contributed by atoms with Crippen LogP contribution in [0.3, 0.4) is 0 Å². The Morgan fingerprint density at radius 1 is 1.00 bits per heavy atom. The molecular weight excluding hydrogens is 310 g/mol. The fourth-order valence-electron chi connectivity index (χ4n) is 2.15. The molecule has 114 valence electrons. The highest BCUT2D eigenvalue weighted by atomic mass is 32.2. The van der Waals surface area contributed by atoms with Gasteiger partial charge in [0.15, 0.2) is 0 Å². The average molecular weight is 323 g/mol. The van der Waals surface area contributed by atoms with Crippen LogP contribution in [0.15, 0.2) is 71.7 Å². The van der Waals surface area contributed by atoms with E-state index in [1.54, 1.807) is 24.3 Å². The molecule has 23 heavy (non-hydrogen) atoms. The van der Waals surface area contributed by atoms with E-state index in [4.69, 9.17) is 0 Å². The lowest BCUT2D eigenvalue weighted by Gasteiger charge is -2.12. The minimum atomic E-state index is -0.386. The predicted octanol–water partition coefficient (Wildman–Crippen LogP) is 4.19. The number of thioether (sulfide) groups is 1. The van der Waals surface area contributed by atoms with Gasteiger partial charge in [0.1, 0.15) is 5.75 Å². The lowest BCUT2D eigenvalue weighted by Crippen LogP contribution is -2.27. The van der Waals surface area contributed by atoms with Crippen molar-refractivity contribution in [3.63, 3.8) is 0 Å². The Morgan fingerprint density at radius 2 is 1.78 bits per heavy atom. The summed E-state index contributed by atoms with van der Waals surface area (Å²) in [6, 6.07) is 15.8. The summed E-state index contributed by atoms with van der Waals surface area (Å²) in [7, 11) is 0. The van der Waals surface area contributed by atoms with Gasteiger partial charge in [-0.05, 0) is 35.5 Å². The molecular formula is C18H13NO3S. The maximum absolute atomic E-state index is 12.4. The van der Waals surface area contributed by atoms with Crippen molar-refractivity contribution in [3.05, 3.63) is 77.2 Å². The van der Waals surface area contributed by atoms with Crippen LogP contribution in [0.4, 0.5) is 10.5 Å². The second-order valence-electron chi connectivity index (χ2n) is 4.83. The third kappa shape index (κ3) is 3.35. The van der Waals surface area contributed by atoms with E-state index < -0.39 is 0 Å². The maximum atomic E-state index is 12.4. The van der Waals surface area contributed by atoms with Crippen molar-refractivity contribution >= 4 is 34.7 Å². The van der Waals surface area contributed by atoms with Gasteiger partial charge in [0.2, 0.25) is 0 Å². The van der Waals surface area contributed by atoms with Crippen LogP contribution in [-0.2, 0) is 4.79 Å². The van der Waals surface area contributed by atoms with E-state index >= 15 is 0 Å². The SMILES string of the molecule is O=C1S/C(=C\C=C\c2ccccc2)C(=O)N1c1cccc(O)c1. The topological polar surface area (TPSA) is 57.6 Å². The van der Waals surface area contributed by atoms with Gasteiger partial charge in [0.05, 0.1) is 10.6 Å². The molecule has 1 saturated heterocycles. The molecule has 2 amide bonds. The van der Waals surface area contributed by atoms with Crippen molar-refractivity contribution in [2.24, 2.45) is 0 Å². The van der Waals surface area contributed by atoms with Crippen LogP contribution in [0.1, 0.15) is 5.56 Å². The number of hydrogen-bond acceptors (Lipinski definition) is 4. The highest BCUT2D eigenvalue weighted by molar-refractivity contribution is 8.18. The number of carbonyl (C=O) groups excluding carboxylic acids is 2. The summed E-state index contributed by atoms with van der Waals surface area (Å²) in [4.78, 5) is 25.8. The number of amides is 2. The fourth-order valence-corrected chi connectivity index (χ4v) is 2.94. The van der Waals surface area contributed by atoms with Gasteiger partial charge in [-0.15, -0.1) is 0 Å². The molecule has 2 aromatic carbocycles. The standard InChI is InChI=1S/C18H13NO3S/c20-15-10-5-9-14(12-15)19-17(21)16(23-18(19)22)11-4-8-13-6-2-1-3-7-13/h1-12,20H/b8-4+,16-11-. The van der Waals surface area contributed by atoms with Gasteiger partial charge in [-0.3, -0.25) is 9.59 Å². The van der Waals surface area contributed by atoms with E-state index in [1.165, 1.54) is 12.1 Å². The van der Waals surface area contributed by atoms with Gasteiger partial charge in [-0.25, -0.2) is 4.90 Å². The predicted molar refractivity (Wildman–Crippen MR) is 92.1 cm³/mol. The number of hydrogen-bond donors (Lipinski definition) is 1. The number of carbonyl (C=O) groups is 2. The lowest BCUT2D eigenvalue weighted by molar-refractivity contribution is -0.113. The molecule has 2 aromatic rings. The number of nitrogens with zero attached hydrogens (tertiary/aromatic N) is 1. The molecule has 0 aromatic heterocycles. The molecule has 1 aliphatic rings. The van der Waals surface area contributed by atoms with Crippen molar-refractivity contribution in [1.82, 2.24) is 0 Å². The van der Waals surface area contributed by atoms with Crippen molar-refractivity contribution in [3.8, 4) is 5.75 Å². The van der Waals surface area contributed by atoms with Gasteiger partial charge in [0.25, 0.3) is 11.1 Å². The summed E-state index contributed by atoms with van der Waals surface area (Å²) in [5.41, 5.74) is 1.37. The minimum absolute atomic E-state index is 0.00880. The quantitative estimate of drug-likeness (QED) is 0.861. The molecule has 0 radical (unpaired) electrons. The summed E-state index contributed by atoms with van der Waals surface area (Å²) in [6.07, 6.45) is 5.23. The van der Waals surface area contributed by atoms with Crippen LogP contribution in [0, 0.1) is 0 Å². The molecule has 0 atom stereocenters. The van der Waals surface area contributed by atoms with Crippen LogP contribution in [0.2, 0.25) is 0 Å². The van der Waals surface area contributed by atoms with Gasteiger partial charge in [-0.1, -0.05) is 48.6 Å². The van der Waals surface area contributed by atoms with Crippen molar-refractivity contribution in [2.45, 2.75) is 0 Å². The molecule has 1 heterocycles. The first-order valence-electron chi connectivity index (χ1n) is 6.94. The highest BCUT2D eigenvalue weighted by Gasteiger charge is 2.36. The fraction of sp³-hybridized carbons (Fsp3) is 0. The number of phenolic OH excluding ortho intramolecular Hbond substituents is 1. The van der Waals surface area contributed by atoms with Gasteiger partial charge in [-0.2, -0.15) is 0 Å². The number of imide groups is 1. The van der Waals surface area contributed by atoms with Gasteiger partial charge >= 0.3 is 0 Å². The van der Waals surface area contributed by atoms with E-state index in [9.17, 15) is 14.7 Å². The Labute approximate surface area is 137 Å². The number of rotatable bonds is 3. The summed E-state index contributed by atoms with van der Waals surface area (Å²) >= 11 is 0.883. The average Bonchev–Trinajstić information content (AvgIpc) is 2.82. The van der Waals surface area contributed by atoms with E-state index in [-0.39, 0.29) is 16.9 Å². The van der Waals surface area contributed by atoms with Crippen LogP contribution < -0.4 is 4.90 Å². The van der Waals surface area contributed by atoms with E-state index in [1.807, 2.05) is 36.4 Å². The van der Waals surface area contributed by atoms with Crippen molar-refractivity contribution < 1.29 is 14.7 Å². The van der Waals surface area contributed by atoms with Crippen LogP contribution >= 0.6 is 11.8 Å². The van der Waals surface area contributed by atoms with Crippen LogP contribution in [0.25, 0.3) is 6.08 Å². The van der Waals surface area contributed by atoms with Gasteiger partial charge < -0.3 is 5.11 Å². The number of aromatic hydroxyl groups is 1. The van der Waals surface area contributed by atoms with Crippen molar-refractivity contribution in [2.75, 3.05) is 4.90 Å². The van der Waals surface area contributed by atoms with Crippen molar-refractivity contribution in [1.29, 1.82) is 0 Å². The number of phenols is 1. The molecule has 5 heteroatoms. The Hall–Kier alpha value is -2.79. The zero-order valence-electron chi connectivity index (χ0n) is 12.0. The molecule has 0 bridgehead atoms. The van der Waals surface area contributed by atoms with Crippen LogP contribution in [0.5, 0.6) is 5.75 Å². The maximum Gasteiger partial charge on any atom is 0.298 e. The summed E-state index contributed by atoms with van der Waals surface area (Å²) in [6.45, 7) is 0. The third-order valence-electron chi connectivity index (χ3n) is 3.22. The minimum Gasteiger partial charge on any atom is -0.508 e. The van der Waals surface area contributed by atoms with Crippen LogP contribution in [-0.4, -0.2) is 16.3 Å². The number of anilines is 1. The first kappa shape index (κ1) is 15.1. The summed E-state index contributed by atoms with van der Waals surface area (Å²) in [5.74, 6) is -0.377. The third-order valence-corrected chi connectivity index (χ3v) is 4.11.